The summed E-state index contributed by atoms with van der Waals surface area (Å²) >= 11 is 4.74. The summed E-state index contributed by atoms with van der Waals surface area (Å²) in [6.45, 7) is 1.88. The average Bonchev–Trinajstić information content (AvgIpc) is 3.48. The second kappa shape index (κ2) is 7.47. The minimum atomic E-state index is -0.917. The van der Waals surface area contributed by atoms with Crippen LogP contribution in [-0.4, -0.2) is 21.8 Å². The number of aliphatic hydroxyl groups is 1. The van der Waals surface area contributed by atoms with E-state index in [1.165, 1.54) is 22.5 Å². The molecule has 1 fully saturated rings. The first-order valence-corrected chi connectivity index (χ1v) is 11.0. The van der Waals surface area contributed by atoms with Crippen LogP contribution in [0.4, 0.5) is 5.13 Å². The number of benzene rings is 2. The van der Waals surface area contributed by atoms with Gasteiger partial charge in [0.15, 0.2) is 5.13 Å². The van der Waals surface area contributed by atoms with Crippen LogP contribution in [0.15, 0.2) is 75.3 Å². The fourth-order valence-corrected chi connectivity index (χ4v) is 4.90. The van der Waals surface area contributed by atoms with E-state index in [9.17, 15) is 14.7 Å². The summed E-state index contributed by atoms with van der Waals surface area (Å²) in [6.07, 6.45) is 1.47. The number of amides is 1. The Balaban J connectivity index is 1.72. The van der Waals surface area contributed by atoms with Crippen molar-refractivity contribution >= 4 is 60.1 Å². The number of carbonyl (C=O) groups is 2. The summed E-state index contributed by atoms with van der Waals surface area (Å²) in [5.74, 6) is -1.41. The van der Waals surface area contributed by atoms with Crippen molar-refractivity contribution < 1.29 is 19.1 Å². The van der Waals surface area contributed by atoms with Gasteiger partial charge in [-0.3, -0.25) is 14.5 Å². The van der Waals surface area contributed by atoms with Gasteiger partial charge in [-0.1, -0.05) is 45.5 Å². The number of fused-ring (bicyclic) bond motifs is 1. The van der Waals surface area contributed by atoms with Gasteiger partial charge in [0, 0.05) is 10.0 Å². The number of hydrogen-bond acceptors (Lipinski definition) is 6. The summed E-state index contributed by atoms with van der Waals surface area (Å²) in [4.78, 5) is 32.1. The summed E-state index contributed by atoms with van der Waals surface area (Å²) in [7, 11) is 0. The molecule has 1 amide bonds. The molecule has 1 unspecified atom stereocenters. The van der Waals surface area contributed by atoms with E-state index in [1.54, 1.807) is 30.3 Å². The zero-order valence-corrected chi connectivity index (χ0v) is 18.6. The Morgan fingerprint density at radius 3 is 2.68 bits per heavy atom. The smallest absolute Gasteiger partial charge is 0.302 e. The van der Waals surface area contributed by atoms with Gasteiger partial charge < -0.3 is 9.52 Å². The molecule has 0 spiro atoms. The van der Waals surface area contributed by atoms with Crippen molar-refractivity contribution in [1.29, 1.82) is 0 Å². The van der Waals surface area contributed by atoms with Crippen LogP contribution in [0.1, 0.15) is 22.9 Å². The number of aliphatic hydroxyl groups excluding tert-OH is 1. The van der Waals surface area contributed by atoms with Gasteiger partial charge in [0.05, 0.1) is 22.1 Å². The van der Waals surface area contributed by atoms with Crippen LogP contribution in [-0.2, 0) is 9.59 Å². The van der Waals surface area contributed by atoms with Gasteiger partial charge in [-0.25, -0.2) is 4.98 Å². The van der Waals surface area contributed by atoms with Crippen LogP contribution in [0.5, 0.6) is 0 Å². The van der Waals surface area contributed by atoms with E-state index in [0.29, 0.717) is 16.5 Å². The Morgan fingerprint density at radius 1 is 1.16 bits per heavy atom. The highest BCUT2D eigenvalue weighted by Gasteiger charge is 2.49. The number of carbonyl (C=O) groups excluding carboxylic acids is 2. The molecule has 1 aliphatic rings. The predicted molar refractivity (Wildman–Crippen MR) is 122 cm³/mol. The summed E-state index contributed by atoms with van der Waals surface area (Å²) in [6, 6.07) is 15.2. The summed E-state index contributed by atoms with van der Waals surface area (Å²) < 4.78 is 7.34. The lowest BCUT2D eigenvalue weighted by atomic mass is 9.98. The Labute approximate surface area is 189 Å². The molecular formula is C23H15BrN2O4S. The van der Waals surface area contributed by atoms with Crippen molar-refractivity contribution in [3.63, 3.8) is 0 Å². The van der Waals surface area contributed by atoms with E-state index in [0.717, 1.165) is 20.3 Å². The van der Waals surface area contributed by atoms with Crippen LogP contribution in [0.2, 0.25) is 0 Å². The molecular weight excluding hydrogens is 480 g/mol. The maximum Gasteiger partial charge on any atom is 0.302 e. The van der Waals surface area contributed by atoms with E-state index < -0.39 is 17.7 Å². The summed E-state index contributed by atoms with van der Waals surface area (Å²) in [5.41, 5.74) is 2.03. The van der Waals surface area contributed by atoms with Crippen LogP contribution in [0.25, 0.3) is 16.0 Å². The second-order valence-electron chi connectivity index (χ2n) is 7.11. The average molecular weight is 495 g/mol. The zero-order valence-electron chi connectivity index (χ0n) is 16.2. The largest absolute Gasteiger partial charge is 0.507 e. The Morgan fingerprint density at radius 2 is 1.97 bits per heavy atom. The van der Waals surface area contributed by atoms with Gasteiger partial charge in [-0.2, -0.15) is 0 Å². The molecule has 8 heteroatoms. The summed E-state index contributed by atoms with van der Waals surface area (Å²) in [5, 5.41) is 11.5. The monoisotopic (exact) mass is 494 g/mol. The number of halogens is 1. The minimum absolute atomic E-state index is 0.0269. The molecule has 0 bridgehead atoms. The van der Waals surface area contributed by atoms with E-state index in [4.69, 9.17) is 4.42 Å². The molecule has 3 heterocycles. The zero-order chi connectivity index (χ0) is 21.7. The molecule has 1 aliphatic heterocycles. The predicted octanol–water partition coefficient (Wildman–Crippen LogP) is 5.59. The van der Waals surface area contributed by atoms with Gasteiger partial charge in [-0.05, 0) is 48.9 Å². The van der Waals surface area contributed by atoms with Gasteiger partial charge >= 0.3 is 5.91 Å². The number of anilines is 1. The van der Waals surface area contributed by atoms with Gasteiger partial charge in [0.2, 0.25) is 0 Å². The highest BCUT2D eigenvalue weighted by molar-refractivity contribution is 9.10. The lowest BCUT2D eigenvalue weighted by molar-refractivity contribution is -0.132. The number of para-hydroxylation sites is 1. The number of aromatic nitrogens is 1. The molecule has 1 saturated heterocycles. The second-order valence-corrected chi connectivity index (χ2v) is 8.98. The Hall–Kier alpha value is -3.23. The quantitative estimate of drug-likeness (QED) is 0.228. The van der Waals surface area contributed by atoms with Crippen molar-refractivity contribution in [3.05, 3.63) is 87.8 Å². The van der Waals surface area contributed by atoms with E-state index in [1.807, 2.05) is 31.2 Å². The maximum absolute atomic E-state index is 13.1. The molecule has 1 N–H and O–H groups in total. The number of rotatable bonds is 3. The van der Waals surface area contributed by atoms with Crippen molar-refractivity contribution in [2.24, 2.45) is 0 Å². The van der Waals surface area contributed by atoms with Crippen LogP contribution < -0.4 is 4.90 Å². The van der Waals surface area contributed by atoms with Gasteiger partial charge in [0.25, 0.3) is 5.78 Å². The lowest BCUT2D eigenvalue weighted by Gasteiger charge is -2.20. The number of Topliss-reactive ketones (excluding diaryl/α,β-unsaturated/α-hetero) is 1. The maximum atomic E-state index is 13.1. The third-order valence-corrected chi connectivity index (χ3v) is 7.10. The molecule has 6 nitrogen and oxygen atoms in total. The fraction of sp³-hybridized carbons (Fsp3) is 0.0870. The molecule has 2 aromatic heterocycles. The molecule has 0 radical (unpaired) electrons. The number of hydrogen-bond donors (Lipinski definition) is 1. The molecule has 154 valence electrons. The van der Waals surface area contributed by atoms with Crippen LogP contribution in [0.3, 0.4) is 0 Å². The third kappa shape index (κ3) is 3.19. The van der Waals surface area contributed by atoms with Crippen molar-refractivity contribution in [1.82, 2.24) is 4.98 Å². The number of ketones is 1. The third-order valence-electron chi connectivity index (χ3n) is 5.18. The number of furan rings is 1. The molecule has 2 aromatic carbocycles. The minimum Gasteiger partial charge on any atom is -0.507 e. The molecule has 31 heavy (non-hydrogen) atoms. The molecule has 4 aromatic rings. The standard InChI is InChI=1S/C23H15BrN2O4S/c1-12-11-13(8-9-14(12)24)20(27)18-19(16-6-4-10-30-16)26(22(29)21(18)28)23-25-15-5-2-3-7-17(15)31-23/h2-11,19,27H,1H3/b20-18+. The molecule has 5 rings (SSSR count). The Bertz CT molecular complexity index is 1340. The molecule has 0 aliphatic carbocycles. The van der Waals surface area contributed by atoms with Crippen molar-refractivity contribution in [2.75, 3.05) is 4.90 Å². The van der Waals surface area contributed by atoms with Crippen molar-refractivity contribution in [3.8, 4) is 0 Å². The van der Waals surface area contributed by atoms with Gasteiger partial charge in [0.1, 0.15) is 17.6 Å². The Kier molecular flexibility index (Phi) is 4.75. The first-order valence-electron chi connectivity index (χ1n) is 9.42. The van der Waals surface area contributed by atoms with E-state index >= 15 is 0 Å². The SMILES string of the molecule is Cc1cc(/C(O)=C2\C(=O)C(=O)N(c3nc4ccccc4s3)C2c2ccco2)ccc1Br. The lowest BCUT2D eigenvalue weighted by Crippen LogP contribution is -2.29. The van der Waals surface area contributed by atoms with Crippen LogP contribution in [0, 0.1) is 6.92 Å². The van der Waals surface area contributed by atoms with Gasteiger partial charge in [-0.15, -0.1) is 0 Å². The number of aryl methyl sites for hydroxylation is 1. The highest BCUT2D eigenvalue weighted by Crippen LogP contribution is 2.44. The first kappa shape index (κ1) is 19.7. The number of thiazole rings is 1. The highest BCUT2D eigenvalue weighted by atomic mass is 79.9. The van der Waals surface area contributed by atoms with E-state index in [-0.39, 0.29) is 11.3 Å². The molecule has 1 atom stereocenters. The van der Waals surface area contributed by atoms with E-state index in [2.05, 4.69) is 20.9 Å². The van der Waals surface area contributed by atoms with Crippen molar-refractivity contribution in [2.45, 2.75) is 13.0 Å². The number of nitrogens with zero attached hydrogens (tertiary/aromatic N) is 2. The van der Waals surface area contributed by atoms with Crippen LogP contribution >= 0.6 is 27.3 Å². The molecule has 0 saturated carbocycles. The topological polar surface area (TPSA) is 83.6 Å². The first-order chi connectivity index (χ1) is 15.0. The fourth-order valence-electron chi connectivity index (χ4n) is 3.66. The normalized spacial score (nSPS) is 18.3.